The van der Waals surface area contributed by atoms with E-state index in [-0.39, 0.29) is 10.6 Å². The molecule has 13 heavy (non-hydrogen) atoms. The molecule has 72 valence electrons. The molecule has 0 radical (unpaired) electrons. The number of halogens is 1. The van der Waals surface area contributed by atoms with Gasteiger partial charge < -0.3 is 5.73 Å². The Bertz CT molecular complexity index is 417. The van der Waals surface area contributed by atoms with Crippen LogP contribution in [-0.2, 0) is 10.0 Å². The molecule has 0 heterocycles. The maximum atomic E-state index is 12.5. The van der Waals surface area contributed by atoms with Crippen molar-refractivity contribution < 1.29 is 12.8 Å². The fourth-order valence-corrected chi connectivity index (χ4v) is 1.71. The van der Waals surface area contributed by atoms with E-state index in [1.807, 2.05) is 0 Å². The second-order valence-corrected chi connectivity index (χ2v) is 4.24. The van der Waals surface area contributed by atoms with E-state index in [4.69, 9.17) is 5.73 Å². The monoisotopic (exact) mass is 204 g/mol. The molecule has 0 amide bonds. The summed E-state index contributed by atoms with van der Waals surface area (Å²) in [6.45, 7) is 0. The van der Waals surface area contributed by atoms with Gasteiger partial charge in [-0.3, -0.25) is 0 Å². The first kappa shape index (κ1) is 9.94. The van der Waals surface area contributed by atoms with E-state index in [1.54, 1.807) is 0 Å². The van der Waals surface area contributed by atoms with Crippen LogP contribution in [0.3, 0.4) is 0 Å². The van der Waals surface area contributed by atoms with Crippen molar-refractivity contribution in [2.75, 3.05) is 12.8 Å². The number of benzene rings is 1. The second-order valence-electron chi connectivity index (χ2n) is 2.39. The first-order valence-electron chi connectivity index (χ1n) is 3.46. The zero-order valence-electron chi connectivity index (χ0n) is 6.91. The Kier molecular flexibility index (Phi) is 2.53. The van der Waals surface area contributed by atoms with Crippen LogP contribution in [0.25, 0.3) is 0 Å². The summed E-state index contributed by atoms with van der Waals surface area (Å²) in [5.41, 5.74) is 5.22. The lowest BCUT2D eigenvalue weighted by Gasteiger charge is -2.04. The first-order chi connectivity index (χ1) is 5.97. The molecule has 0 saturated carbocycles. The van der Waals surface area contributed by atoms with E-state index in [1.165, 1.54) is 7.05 Å². The van der Waals surface area contributed by atoms with Crippen LogP contribution in [-0.4, -0.2) is 15.5 Å². The molecule has 0 aromatic heterocycles. The third-order valence-corrected chi connectivity index (χ3v) is 3.02. The highest BCUT2D eigenvalue weighted by atomic mass is 32.2. The van der Waals surface area contributed by atoms with Gasteiger partial charge in [0.15, 0.2) is 0 Å². The van der Waals surface area contributed by atoms with Crippen molar-refractivity contribution in [3.8, 4) is 0 Å². The molecule has 1 aromatic rings. The quantitative estimate of drug-likeness (QED) is 0.681. The molecule has 0 aliphatic carbocycles. The summed E-state index contributed by atoms with van der Waals surface area (Å²) < 4.78 is 37.1. The summed E-state index contributed by atoms with van der Waals surface area (Å²) in [7, 11) is -2.33. The topological polar surface area (TPSA) is 72.2 Å². The number of rotatable bonds is 2. The molecule has 0 bridgehead atoms. The van der Waals surface area contributed by atoms with Crippen molar-refractivity contribution in [1.29, 1.82) is 0 Å². The van der Waals surface area contributed by atoms with Gasteiger partial charge in [-0.2, -0.15) is 0 Å². The van der Waals surface area contributed by atoms with E-state index in [9.17, 15) is 12.8 Å². The molecular weight excluding hydrogens is 195 g/mol. The van der Waals surface area contributed by atoms with Crippen LogP contribution in [0.4, 0.5) is 10.1 Å². The number of anilines is 1. The zero-order chi connectivity index (χ0) is 10.1. The fraction of sp³-hybridized carbons (Fsp3) is 0.143. The summed E-state index contributed by atoms with van der Waals surface area (Å²) in [5, 5.41) is 0. The Morgan fingerprint density at radius 1 is 1.46 bits per heavy atom. The van der Waals surface area contributed by atoms with Crippen molar-refractivity contribution in [1.82, 2.24) is 4.72 Å². The second kappa shape index (κ2) is 3.31. The molecule has 4 nitrogen and oxygen atoms in total. The molecule has 0 aliphatic heterocycles. The predicted molar refractivity (Wildman–Crippen MR) is 47.1 cm³/mol. The number of sulfonamides is 1. The summed E-state index contributed by atoms with van der Waals surface area (Å²) in [6, 6.07) is 3.13. The third kappa shape index (κ3) is 1.96. The average Bonchev–Trinajstić information content (AvgIpc) is 2.03. The summed E-state index contributed by atoms with van der Waals surface area (Å²) in [5.74, 6) is -0.562. The van der Waals surface area contributed by atoms with Gasteiger partial charge in [-0.1, -0.05) is 0 Å². The van der Waals surface area contributed by atoms with Crippen molar-refractivity contribution in [3.05, 3.63) is 24.0 Å². The van der Waals surface area contributed by atoms with Gasteiger partial charge in [-0.25, -0.2) is 17.5 Å². The van der Waals surface area contributed by atoms with Crippen LogP contribution in [0.1, 0.15) is 0 Å². The summed E-state index contributed by atoms with van der Waals surface area (Å²) in [6.07, 6.45) is 0. The van der Waals surface area contributed by atoms with Crippen molar-refractivity contribution >= 4 is 15.7 Å². The molecule has 0 aliphatic rings. The molecule has 6 heteroatoms. The SMILES string of the molecule is CNS(=O)(=O)c1ccc(F)cc1N. The molecule has 0 atom stereocenters. The van der Waals surface area contributed by atoms with Gasteiger partial charge in [-0.15, -0.1) is 0 Å². The molecule has 0 spiro atoms. The van der Waals surface area contributed by atoms with E-state index in [0.717, 1.165) is 18.2 Å². The van der Waals surface area contributed by atoms with Crippen LogP contribution in [0.15, 0.2) is 23.1 Å². The lowest BCUT2D eigenvalue weighted by molar-refractivity contribution is 0.587. The van der Waals surface area contributed by atoms with Gasteiger partial charge in [0, 0.05) is 0 Å². The Morgan fingerprint density at radius 2 is 2.08 bits per heavy atom. The van der Waals surface area contributed by atoms with Crippen LogP contribution < -0.4 is 10.5 Å². The van der Waals surface area contributed by atoms with Crippen molar-refractivity contribution in [2.45, 2.75) is 4.90 Å². The Labute approximate surface area is 75.6 Å². The van der Waals surface area contributed by atoms with E-state index in [0.29, 0.717) is 0 Å². The van der Waals surface area contributed by atoms with Crippen LogP contribution in [0.5, 0.6) is 0 Å². The average molecular weight is 204 g/mol. The molecule has 0 saturated heterocycles. The van der Waals surface area contributed by atoms with Crippen LogP contribution in [0.2, 0.25) is 0 Å². The van der Waals surface area contributed by atoms with Gasteiger partial charge >= 0.3 is 0 Å². The Balaban J connectivity index is 3.33. The normalized spacial score (nSPS) is 11.5. The van der Waals surface area contributed by atoms with E-state index < -0.39 is 15.8 Å². The number of nitrogen functional groups attached to an aromatic ring is 1. The van der Waals surface area contributed by atoms with Crippen molar-refractivity contribution in [3.63, 3.8) is 0 Å². The maximum Gasteiger partial charge on any atom is 0.242 e. The fourth-order valence-electron chi connectivity index (χ4n) is 0.874. The van der Waals surface area contributed by atoms with Gasteiger partial charge in [0.1, 0.15) is 10.7 Å². The lowest BCUT2D eigenvalue weighted by atomic mass is 10.3. The minimum atomic E-state index is -3.59. The molecule has 1 aromatic carbocycles. The summed E-state index contributed by atoms with van der Waals surface area (Å²) >= 11 is 0. The highest BCUT2D eigenvalue weighted by Crippen LogP contribution is 2.18. The number of nitrogens with one attached hydrogen (secondary N) is 1. The van der Waals surface area contributed by atoms with Crippen LogP contribution in [0, 0.1) is 5.82 Å². The van der Waals surface area contributed by atoms with Gasteiger partial charge in [-0.05, 0) is 25.2 Å². The Morgan fingerprint density at radius 3 is 2.54 bits per heavy atom. The molecule has 1 rings (SSSR count). The highest BCUT2D eigenvalue weighted by molar-refractivity contribution is 7.89. The number of hydrogen-bond donors (Lipinski definition) is 2. The maximum absolute atomic E-state index is 12.5. The lowest BCUT2D eigenvalue weighted by Crippen LogP contribution is -2.19. The van der Waals surface area contributed by atoms with Gasteiger partial charge in [0.2, 0.25) is 10.0 Å². The smallest absolute Gasteiger partial charge is 0.242 e. The predicted octanol–water partition coefficient (Wildman–Crippen LogP) is 0.316. The number of nitrogens with two attached hydrogens (primary N) is 1. The zero-order valence-corrected chi connectivity index (χ0v) is 7.73. The highest BCUT2D eigenvalue weighted by Gasteiger charge is 2.14. The number of hydrogen-bond acceptors (Lipinski definition) is 3. The summed E-state index contributed by atoms with van der Waals surface area (Å²) in [4.78, 5) is -0.114. The third-order valence-electron chi connectivity index (χ3n) is 1.53. The molecule has 0 unspecified atom stereocenters. The largest absolute Gasteiger partial charge is 0.398 e. The van der Waals surface area contributed by atoms with Gasteiger partial charge in [0.05, 0.1) is 5.69 Å². The minimum Gasteiger partial charge on any atom is -0.398 e. The van der Waals surface area contributed by atoms with Gasteiger partial charge in [0.25, 0.3) is 0 Å². The first-order valence-corrected chi connectivity index (χ1v) is 4.94. The molecule has 3 N–H and O–H groups in total. The minimum absolute atomic E-state index is 0.102. The molecular formula is C7H9FN2O2S. The van der Waals surface area contributed by atoms with E-state index >= 15 is 0 Å². The standard InChI is InChI=1S/C7H9FN2O2S/c1-10-13(11,12)7-3-2-5(8)4-6(7)9/h2-4,10H,9H2,1H3. The Hall–Kier alpha value is -1.14. The van der Waals surface area contributed by atoms with Crippen molar-refractivity contribution in [2.24, 2.45) is 0 Å². The van der Waals surface area contributed by atoms with Crippen LogP contribution >= 0.6 is 0 Å². The van der Waals surface area contributed by atoms with E-state index in [2.05, 4.69) is 4.72 Å². The molecule has 0 fully saturated rings.